The van der Waals surface area contributed by atoms with Gasteiger partial charge in [-0.25, -0.2) is 0 Å². The molecule has 0 spiro atoms. The van der Waals surface area contributed by atoms with Gasteiger partial charge in [-0.15, -0.1) is 0 Å². The van der Waals surface area contributed by atoms with Gasteiger partial charge in [0, 0.05) is 49.6 Å². The highest BCUT2D eigenvalue weighted by Gasteiger charge is 2.34. The molecule has 34 heavy (non-hydrogen) atoms. The molecule has 1 aromatic carbocycles. The number of rotatable bonds is 8. The van der Waals surface area contributed by atoms with Crippen molar-refractivity contribution in [1.82, 2.24) is 14.8 Å². The zero-order chi connectivity index (χ0) is 24.2. The van der Waals surface area contributed by atoms with E-state index in [-0.39, 0.29) is 42.4 Å². The Morgan fingerprint density at radius 2 is 2.03 bits per heavy atom. The second-order valence-corrected chi connectivity index (χ2v) is 9.65. The number of benzene rings is 1. The third-order valence-corrected chi connectivity index (χ3v) is 6.57. The molecule has 0 bridgehead atoms. The Kier molecular flexibility index (Phi) is 7.48. The summed E-state index contributed by atoms with van der Waals surface area (Å²) < 4.78 is 6.43. The summed E-state index contributed by atoms with van der Waals surface area (Å²) in [5.74, 6) is 0.401. The minimum absolute atomic E-state index is 0.0102. The van der Waals surface area contributed by atoms with Crippen LogP contribution in [0.25, 0.3) is 0 Å². The molecular weight excluding hydrogens is 432 g/mol. The standard InChI is InChI=1S/C26H34N4O4/c1-17-13-30(18(2)16-31)26(33)22-12-21(28-25(32)20-4-5-20)6-7-23(22)34-24(17)15-29(3)14-19-8-10-27-11-9-19/h6-12,17-18,20,24,31H,4-5,13-16H2,1-3H3,(H,28,32)/t17-,18+,24+/m1/s1. The van der Waals surface area contributed by atoms with Gasteiger partial charge in [0.2, 0.25) is 5.91 Å². The lowest BCUT2D eigenvalue weighted by molar-refractivity contribution is -0.117. The monoisotopic (exact) mass is 466 g/mol. The first-order valence-corrected chi connectivity index (χ1v) is 12.0. The van der Waals surface area contributed by atoms with Gasteiger partial charge in [0.25, 0.3) is 5.91 Å². The second-order valence-electron chi connectivity index (χ2n) is 9.65. The first-order chi connectivity index (χ1) is 16.4. The Bertz CT molecular complexity index is 1010. The molecule has 0 radical (unpaired) electrons. The van der Waals surface area contributed by atoms with Crippen LogP contribution in [0.5, 0.6) is 5.75 Å². The lowest BCUT2D eigenvalue weighted by Crippen LogP contribution is -2.49. The summed E-state index contributed by atoms with van der Waals surface area (Å²) in [5, 5.41) is 12.7. The molecule has 0 saturated heterocycles. The molecule has 1 aliphatic heterocycles. The molecule has 2 N–H and O–H groups in total. The van der Waals surface area contributed by atoms with Crippen molar-refractivity contribution < 1.29 is 19.4 Å². The van der Waals surface area contributed by atoms with Gasteiger partial charge < -0.3 is 20.1 Å². The maximum Gasteiger partial charge on any atom is 0.258 e. The van der Waals surface area contributed by atoms with E-state index in [1.54, 1.807) is 35.5 Å². The summed E-state index contributed by atoms with van der Waals surface area (Å²) in [5.41, 5.74) is 2.16. The van der Waals surface area contributed by atoms with Gasteiger partial charge in [-0.05, 0) is 62.7 Å². The molecule has 1 fully saturated rings. The normalized spacial score (nSPS) is 21.3. The molecule has 2 aliphatic rings. The molecule has 8 heteroatoms. The minimum Gasteiger partial charge on any atom is -0.488 e. The van der Waals surface area contributed by atoms with Crippen molar-refractivity contribution in [1.29, 1.82) is 0 Å². The van der Waals surface area contributed by atoms with Crippen molar-refractivity contribution in [3.05, 3.63) is 53.9 Å². The number of hydrogen-bond donors (Lipinski definition) is 2. The smallest absolute Gasteiger partial charge is 0.258 e. The van der Waals surface area contributed by atoms with Crippen molar-refractivity contribution >= 4 is 17.5 Å². The highest BCUT2D eigenvalue weighted by Crippen LogP contribution is 2.33. The summed E-state index contributed by atoms with van der Waals surface area (Å²) in [6.45, 7) is 5.68. The summed E-state index contributed by atoms with van der Waals surface area (Å²) in [4.78, 5) is 33.7. The number of pyridine rings is 1. The van der Waals surface area contributed by atoms with Gasteiger partial charge in [-0.2, -0.15) is 0 Å². The molecule has 8 nitrogen and oxygen atoms in total. The van der Waals surface area contributed by atoms with E-state index in [9.17, 15) is 14.7 Å². The lowest BCUT2D eigenvalue weighted by atomic mass is 9.99. The number of aromatic nitrogens is 1. The molecule has 2 aromatic rings. The van der Waals surface area contributed by atoms with E-state index in [0.29, 0.717) is 30.1 Å². The van der Waals surface area contributed by atoms with Gasteiger partial charge in [-0.1, -0.05) is 6.92 Å². The van der Waals surface area contributed by atoms with Gasteiger partial charge >= 0.3 is 0 Å². The van der Waals surface area contributed by atoms with Crippen LogP contribution in [0, 0.1) is 11.8 Å². The first kappa shape index (κ1) is 24.2. The molecule has 0 unspecified atom stereocenters. The third-order valence-electron chi connectivity index (χ3n) is 6.57. The van der Waals surface area contributed by atoms with Crippen LogP contribution in [0.2, 0.25) is 0 Å². The van der Waals surface area contributed by atoms with Crippen molar-refractivity contribution in [2.24, 2.45) is 11.8 Å². The third kappa shape index (κ3) is 5.74. The Morgan fingerprint density at radius 1 is 1.29 bits per heavy atom. The quantitative estimate of drug-likeness (QED) is 0.621. The number of ether oxygens (including phenoxy) is 1. The summed E-state index contributed by atoms with van der Waals surface area (Å²) in [6.07, 6.45) is 5.22. The zero-order valence-electron chi connectivity index (χ0n) is 20.1. The van der Waals surface area contributed by atoms with Crippen LogP contribution >= 0.6 is 0 Å². The number of fused-ring (bicyclic) bond motifs is 1. The molecule has 1 aliphatic carbocycles. The number of aliphatic hydroxyl groups is 1. The van der Waals surface area contributed by atoms with E-state index >= 15 is 0 Å². The summed E-state index contributed by atoms with van der Waals surface area (Å²) >= 11 is 0. The number of aliphatic hydroxyl groups excluding tert-OH is 1. The van der Waals surface area contributed by atoms with Gasteiger partial charge in [0.1, 0.15) is 11.9 Å². The predicted octanol–water partition coefficient (Wildman–Crippen LogP) is 2.78. The number of likely N-dealkylation sites (N-methyl/N-ethyl adjacent to an activating group) is 1. The molecule has 2 heterocycles. The van der Waals surface area contributed by atoms with Crippen molar-refractivity contribution in [2.75, 3.05) is 32.1 Å². The number of carbonyl (C=O) groups excluding carboxylic acids is 2. The number of nitrogens with zero attached hydrogens (tertiary/aromatic N) is 3. The fourth-order valence-corrected chi connectivity index (χ4v) is 4.28. The van der Waals surface area contributed by atoms with Crippen LogP contribution in [0.15, 0.2) is 42.7 Å². The van der Waals surface area contributed by atoms with Crippen LogP contribution in [0.1, 0.15) is 42.6 Å². The van der Waals surface area contributed by atoms with Crippen LogP contribution in [0.3, 0.4) is 0 Å². The van der Waals surface area contributed by atoms with Crippen LogP contribution in [0.4, 0.5) is 5.69 Å². The fourth-order valence-electron chi connectivity index (χ4n) is 4.28. The number of carbonyl (C=O) groups is 2. The highest BCUT2D eigenvalue weighted by atomic mass is 16.5. The minimum atomic E-state index is -0.333. The SMILES string of the molecule is C[C@@H]1CN([C@@H](C)CO)C(=O)c2cc(NC(=O)C3CC3)ccc2O[C@H]1CN(C)Cc1ccncc1. The fraction of sp³-hybridized carbons (Fsp3) is 0.500. The van der Waals surface area contributed by atoms with E-state index in [0.717, 1.165) is 24.9 Å². The van der Waals surface area contributed by atoms with Gasteiger partial charge in [0.05, 0.1) is 18.2 Å². The van der Waals surface area contributed by atoms with Crippen LogP contribution in [-0.2, 0) is 11.3 Å². The molecule has 3 atom stereocenters. The number of amides is 2. The highest BCUT2D eigenvalue weighted by molar-refractivity contribution is 6.00. The number of nitrogens with one attached hydrogen (secondary N) is 1. The van der Waals surface area contributed by atoms with Gasteiger partial charge in [-0.3, -0.25) is 19.5 Å². The maximum atomic E-state index is 13.5. The van der Waals surface area contributed by atoms with Crippen LogP contribution < -0.4 is 10.1 Å². The van der Waals surface area contributed by atoms with E-state index < -0.39 is 0 Å². The number of hydrogen-bond acceptors (Lipinski definition) is 6. The largest absolute Gasteiger partial charge is 0.488 e. The Morgan fingerprint density at radius 3 is 2.71 bits per heavy atom. The summed E-state index contributed by atoms with van der Waals surface area (Å²) in [7, 11) is 2.05. The van der Waals surface area contributed by atoms with Crippen molar-refractivity contribution in [3.8, 4) is 5.75 Å². The van der Waals surface area contributed by atoms with E-state index in [1.165, 1.54) is 0 Å². The zero-order valence-corrected chi connectivity index (χ0v) is 20.1. The Balaban J connectivity index is 1.58. The Hall–Kier alpha value is -2.97. The Labute approximate surface area is 200 Å². The first-order valence-electron chi connectivity index (χ1n) is 12.0. The van der Waals surface area contributed by atoms with E-state index in [2.05, 4.69) is 22.1 Å². The summed E-state index contributed by atoms with van der Waals surface area (Å²) in [6, 6.07) is 8.91. The molecule has 1 aromatic heterocycles. The molecule has 1 saturated carbocycles. The molecular formula is C26H34N4O4. The molecule has 2 amide bonds. The van der Waals surface area contributed by atoms with Gasteiger partial charge in [0.15, 0.2) is 0 Å². The van der Waals surface area contributed by atoms with E-state index in [1.807, 2.05) is 26.1 Å². The average molecular weight is 467 g/mol. The number of anilines is 1. The lowest BCUT2D eigenvalue weighted by Gasteiger charge is -2.38. The topological polar surface area (TPSA) is 95.0 Å². The average Bonchev–Trinajstić information content (AvgIpc) is 3.67. The van der Waals surface area contributed by atoms with Crippen molar-refractivity contribution in [2.45, 2.75) is 45.4 Å². The predicted molar refractivity (Wildman–Crippen MR) is 130 cm³/mol. The van der Waals surface area contributed by atoms with Crippen LogP contribution in [-0.4, -0.2) is 70.6 Å². The maximum absolute atomic E-state index is 13.5. The van der Waals surface area contributed by atoms with E-state index in [4.69, 9.17) is 4.74 Å². The van der Waals surface area contributed by atoms with Crippen molar-refractivity contribution in [3.63, 3.8) is 0 Å². The molecule has 182 valence electrons. The second kappa shape index (κ2) is 10.5. The molecule has 4 rings (SSSR count).